The molecular weight excluding hydrogens is 515 g/mol. The summed E-state index contributed by atoms with van der Waals surface area (Å²) in [5, 5.41) is 2.66. The molecule has 10 nitrogen and oxygen atoms in total. The first-order valence-corrected chi connectivity index (χ1v) is 12.2. The van der Waals surface area contributed by atoms with Crippen LogP contribution in [0.5, 0.6) is 0 Å². The lowest BCUT2D eigenvalue weighted by molar-refractivity contribution is -0.137. The summed E-state index contributed by atoms with van der Waals surface area (Å²) in [5.74, 6) is -0.249. The largest absolute Gasteiger partial charge is 0.418 e. The van der Waals surface area contributed by atoms with Crippen LogP contribution in [0.3, 0.4) is 0 Å². The van der Waals surface area contributed by atoms with Crippen LogP contribution >= 0.6 is 0 Å². The Morgan fingerprint density at radius 1 is 1.10 bits per heavy atom. The van der Waals surface area contributed by atoms with Crippen LogP contribution in [-0.4, -0.2) is 55.3 Å². The number of nitrogens with zero attached hydrogens (tertiary/aromatic N) is 5. The number of halogens is 3. The number of nitrogen functional groups attached to an aromatic ring is 1. The molecule has 1 aromatic heterocycles. The van der Waals surface area contributed by atoms with Crippen LogP contribution in [0.15, 0.2) is 42.6 Å². The van der Waals surface area contributed by atoms with Gasteiger partial charge in [-0.3, -0.25) is 14.6 Å². The van der Waals surface area contributed by atoms with E-state index in [2.05, 4.69) is 15.3 Å². The zero-order valence-corrected chi connectivity index (χ0v) is 21.2. The molecule has 0 bridgehead atoms. The van der Waals surface area contributed by atoms with Gasteiger partial charge in [0.05, 0.1) is 31.0 Å². The number of nitrogens with one attached hydrogen (secondary N) is 1. The van der Waals surface area contributed by atoms with Gasteiger partial charge < -0.3 is 20.7 Å². The number of rotatable bonds is 4. The maximum Gasteiger partial charge on any atom is 0.418 e. The molecule has 0 atom stereocenters. The van der Waals surface area contributed by atoms with Crippen molar-refractivity contribution in [2.24, 2.45) is 0 Å². The Morgan fingerprint density at radius 3 is 2.56 bits per heavy atom. The van der Waals surface area contributed by atoms with Gasteiger partial charge in [-0.1, -0.05) is 6.07 Å². The molecule has 1 saturated heterocycles. The topological polar surface area (TPSA) is 117 Å². The Hall–Kier alpha value is -4.39. The maximum atomic E-state index is 13.9. The van der Waals surface area contributed by atoms with Crippen LogP contribution in [0.2, 0.25) is 0 Å². The van der Waals surface area contributed by atoms with Gasteiger partial charge in [-0.05, 0) is 42.8 Å². The van der Waals surface area contributed by atoms with Crippen LogP contribution in [0.25, 0.3) is 0 Å². The third-order valence-electron chi connectivity index (χ3n) is 6.70. The molecule has 2 aliphatic heterocycles. The van der Waals surface area contributed by atoms with Gasteiger partial charge in [-0.15, -0.1) is 0 Å². The molecule has 0 spiro atoms. The Labute approximate surface area is 222 Å². The van der Waals surface area contributed by atoms with Crippen LogP contribution in [0.1, 0.15) is 27.0 Å². The van der Waals surface area contributed by atoms with Crippen molar-refractivity contribution in [1.29, 1.82) is 0 Å². The quantitative estimate of drug-likeness (QED) is 0.512. The molecule has 13 heteroatoms. The van der Waals surface area contributed by atoms with E-state index < -0.39 is 17.6 Å². The smallest absolute Gasteiger partial charge is 0.378 e. The van der Waals surface area contributed by atoms with Gasteiger partial charge in [0, 0.05) is 48.8 Å². The summed E-state index contributed by atoms with van der Waals surface area (Å²) in [6.07, 6.45) is -3.10. The highest BCUT2D eigenvalue weighted by molar-refractivity contribution is 6.07. The van der Waals surface area contributed by atoms with Gasteiger partial charge in [-0.2, -0.15) is 18.2 Å². The predicted octanol–water partition coefficient (Wildman–Crippen LogP) is 4.05. The lowest BCUT2D eigenvalue weighted by atomic mass is 10.1. The highest BCUT2D eigenvalue weighted by Crippen LogP contribution is 2.38. The molecule has 0 radical (unpaired) electrons. The number of aromatic nitrogens is 2. The number of ether oxygens (including phenoxy) is 1. The first kappa shape index (κ1) is 26.2. The number of alkyl halides is 3. The summed E-state index contributed by atoms with van der Waals surface area (Å²) in [5.41, 5.74) is 6.93. The number of amides is 3. The van der Waals surface area contributed by atoms with Crippen molar-refractivity contribution < 1.29 is 27.5 Å². The van der Waals surface area contributed by atoms with E-state index in [4.69, 9.17) is 10.5 Å². The van der Waals surface area contributed by atoms with E-state index >= 15 is 0 Å². The minimum absolute atomic E-state index is 0.0127. The molecule has 3 aromatic rings. The van der Waals surface area contributed by atoms with Crippen molar-refractivity contribution in [3.63, 3.8) is 0 Å². The van der Waals surface area contributed by atoms with Crippen LogP contribution in [-0.2, 0) is 17.5 Å². The van der Waals surface area contributed by atoms with E-state index in [0.29, 0.717) is 49.1 Å². The fourth-order valence-electron chi connectivity index (χ4n) is 4.68. The third kappa shape index (κ3) is 5.17. The summed E-state index contributed by atoms with van der Waals surface area (Å²) in [7, 11) is 1.57. The summed E-state index contributed by atoms with van der Waals surface area (Å²) in [4.78, 5) is 38.8. The Balaban J connectivity index is 1.41. The summed E-state index contributed by atoms with van der Waals surface area (Å²) in [6.45, 7) is 3.30. The van der Waals surface area contributed by atoms with E-state index in [1.807, 2.05) is 6.92 Å². The normalized spacial score (nSPS) is 15.8. The number of carbonyl (C=O) groups excluding carboxylic acids is 2. The summed E-state index contributed by atoms with van der Waals surface area (Å²) in [6, 6.07) is 8.14. The van der Waals surface area contributed by atoms with Crippen molar-refractivity contribution in [1.82, 2.24) is 9.97 Å². The van der Waals surface area contributed by atoms with Gasteiger partial charge in [0.15, 0.2) is 0 Å². The molecule has 2 aromatic carbocycles. The lowest BCUT2D eigenvalue weighted by Gasteiger charge is -2.34. The zero-order chi connectivity index (χ0) is 27.9. The zero-order valence-electron chi connectivity index (χ0n) is 21.2. The van der Waals surface area contributed by atoms with Crippen molar-refractivity contribution in [2.45, 2.75) is 19.6 Å². The number of urea groups is 1. The number of hydrogen-bond donors (Lipinski definition) is 2. The summed E-state index contributed by atoms with van der Waals surface area (Å²) < 4.78 is 47.0. The molecule has 0 unspecified atom stereocenters. The van der Waals surface area contributed by atoms with Crippen LogP contribution in [0.4, 0.5) is 46.8 Å². The number of morpholine rings is 1. The molecule has 0 saturated carbocycles. The second-order valence-corrected chi connectivity index (χ2v) is 9.29. The fraction of sp³-hybridized carbons (Fsp3) is 0.308. The lowest BCUT2D eigenvalue weighted by Crippen LogP contribution is -2.46. The highest BCUT2D eigenvalue weighted by atomic mass is 19.4. The number of aryl methyl sites for hydroxylation is 1. The van der Waals surface area contributed by atoms with E-state index in [0.717, 1.165) is 11.6 Å². The first-order chi connectivity index (χ1) is 18.5. The number of carbonyl (C=O) groups is 2. The van der Waals surface area contributed by atoms with E-state index in [1.54, 1.807) is 36.3 Å². The average Bonchev–Trinajstić information content (AvgIpc) is 2.92. The van der Waals surface area contributed by atoms with Crippen molar-refractivity contribution in [3.8, 4) is 0 Å². The Kier molecular flexibility index (Phi) is 6.76. The molecule has 2 aliphatic rings. The molecule has 3 heterocycles. The average molecular weight is 542 g/mol. The van der Waals surface area contributed by atoms with Crippen molar-refractivity contribution in [3.05, 3.63) is 64.8 Å². The second kappa shape index (κ2) is 10.1. The highest BCUT2D eigenvalue weighted by Gasteiger charge is 2.36. The first-order valence-electron chi connectivity index (χ1n) is 12.2. The number of hydrogen-bond acceptors (Lipinski definition) is 7. The molecule has 3 amide bonds. The van der Waals surface area contributed by atoms with Crippen molar-refractivity contribution >= 4 is 40.8 Å². The number of fused-ring (bicyclic) bond motifs is 1. The van der Waals surface area contributed by atoms with Crippen LogP contribution < -0.4 is 25.8 Å². The molecule has 0 aliphatic carbocycles. The van der Waals surface area contributed by atoms with Gasteiger partial charge in [0.1, 0.15) is 5.82 Å². The number of nitrogens with two attached hydrogens (primary N) is 1. The Bertz CT molecular complexity index is 1440. The van der Waals surface area contributed by atoms with Crippen molar-refractivity contribution in [2.75, 3.05) is 59.1 Å². The molecule has 1 fully saturated rings. The van der Waals surface area contributed by atoms with E-state index in [-0.39, 0.29) is 29.8 Å². The molecule has 204 valence electrons. The van der Waals surface area contributed by atoms with Gasteiger partial charge in [0.25, 0.3) is 5.91 Å². The standard InChI is InChI=1S/C26H26F3N7O3/c1-15-3-5-18(12-21(15)36-14-17-13-31-24(30)33-22(17)34(2)25(36)38)32-23(37)16-4-6-20(19(11-16)26(27,28)29)35-7-9-39-10-8-35/h3-6,11-13H,7-10,14H2,1-2H3,(H,32,37)(H2,30,31,33). The minimum Gasteiger partial charge on any atom is -0.378 e. The van der Waals surface area contributed by atoms with E-state index in [9.17, 15) is 22.8 Å². The van der Waals surface area contributed by atoms with Crippen LogP contribution in [0, 0.1) is 6.92 Å². The summed E-state index contributed by atoms with van der Waals surface area (Å²) >= 11 is 0. The monoisotopic (exact) mass is 541 g/mol. The van der Waals surface area contributed by atoms with E-state index in [1.165, 1.54) is 21.9 Å². The molecule has 39 heavy (non-hydrogen) atoms. The van der Waals surface area contributed by atoms with Gasteiger partial charge in [-0.25, -0.2) is 9.78 Å². The maximum absolute atomic E-state index is 13.9. The third-order valence-corrected chi connectivity index (χ3v) is 6.70. The number of anilines is 5. The molecular formula is C26H26F3N7O3. The van der Waals surface area contributed by atoms with Gasteiger partial charge >= 0.3 is 12.2 Å². The SMILES string of the molecule is Cc1ccc(NC(=O)c2ccc(N3CCOCC3)c(C(F)(F)F)c2)cc1N1Cc2cnc(N)nc2N(C)C1=O. The second-order valence-electron chi connectivity index (χ2n) is 9.29. The number of benzene rings is 2. The van der Waals surface area contributed by atoms with Gasteiger partial charge in [0.2, 0.25) is 5.95 Å². The Morgan fingerprint density at radius 2 is 1.85 bits per heavy atom. The minimum atomic E-state index is -4.65. The molecule has 3 N–H and O–H groups in total. The fourth-order valence-corrected chi connectivity index (χ4v) is 4.68. The predicted molar refractivity (Wildman–Crippen MR) is 140 cm³/mol. The molecule has 5 rings (SSSR count).